The fourth-order valence-electron chi connectivity index (χ4n) is 1.92. The van der Waals surface area contributed by atoms with E-state index < -0.39 is 0 Å². The summed E-state index contributed by atoms with van der Waals surface area (Å²) in [5, 5.41) is 12.5. The van der Waals surface area contributed by atoms with Crippen LogP contribution >= 0.6 is 34.7 Å². The van der Waals surface area contributed by atoms with E-state index in [0.717, 1.165) is 15.8 Å². The lowest BCUT2D eigenvalue weighted by molar-refractivity contribution is 0.415. The number of nitrogens with one attached hydrogen (secondary N) is 1. The van der Waals surface area contributed by atoms with Crippen LogP contribution in [0.2, 0.25) is 5.02 Å². The van der Waals surface area contributed by atoms with Crippen molar-refractivity contribution >= 4 is 45.5 Å². The van der Waals surface area contributed by atoms with Crippen molar-refractivity contribution in [1.29, 1.82) is 0 Å². The summed E-state index contributed by atoms with van der Waals surface area (Å²) >= 11 is 8.83. The zero-order valence-corrected chi connectivity index (χ0v) is 15.0. The van der Waals surface area contributed by atoms with Gasteiger partial charge in [-0.3, -0.25) is 0 Å². The largest absolute Gasteiger partial charge is 0.497 e. The average Bonchev–Trinajstić information content (AvgIpc) is 3.02. The third-order valence-electron chi connectivity index (χ3n) is 3.15. The molecule has 24 heavy (non-hydrogen) atoms. The molecule has 0 amide bonds. The third kappa shape index (κ3) is 4.17. The van der Waals surface area contributed by atoms with Gasteiger partial charge in [0.2, 0.25) is 5.13 Å². The molecule has 0 aliphatic heterocycles. The van der Waals surface area contributed by atoms with Crippen molar-refractivity contribution in [3.8, 4) is 5.75 Å². The van der Waals surface area contributed by atoms with E-state index >= 15 is 0 Å². The topological polar surface area (TPSA) is 47.0 Å². The first-order valence-electron chi connectivity index (χ1n) is 6.96. The highest BCUT2D eigenvalue weighted by molar-refractivity contribution is 8.00. The van der Waals surface area contributed by atoms with Gasteiger partial charge in [-0.1, -0.05) is 40.8 Å². The van der Waals surface area contributed by atoms with E-state index in [-0.39, 0.29) is 5.82 Å². The van der Waals surface area contributed by atoms with Crippen LogP contribution in [-0.2, 0) is 5.75 Å². The monoisotopic (exact) mass is 381 g/mol. The first kappa shape index (κ1) is 17.0. The molecule has 0 aliphatic rings. The normalized spacial score (nSPS) is 10.6. The van der Waals surface area contributed by atoms with E-state index in [0.29, 0.717) is 21.5 Å². The van der Waals surface area contributed by atoms with Gasteiger partial charge in [0.05, 0.1) is 7.11 Å². The lowest BCUT2D eigenvalue weighted by Crippen LogP contribution is -1.89. The number of aromatic nitrogens is 2. The van der Waals surface area contributed by atoms with Gasteiger partial charge in [-0.05, 0) is 36.4 Å². The summed E-state index contributed by atoms with van der Waals surface area (Å²) in [4.78, 5) is 0. The van der Waals surface area contributed by atoms with Crippen molar-refractivity contribution in [3.05, 3.63) is 58.9 Å². The van der Waals surface area contributed by atoms with E-state index in [1.165, 1.54) is 29.2 Å². The summed E-state index contributed by atoms with van der Waals surface area (Å²) in [5.41, 5.74) is 1.37. The van der Waals surface area contributed by atoms with E-state index in [1.54, 1.807) is 19.2 Å². The number of anilines is 2. The van der Waals surface area contributed by atoms with Crippen LogP contribution < -0.4 is 10.1 Å². The Morgan fingerprint density at radius 1 is 1.21 bits per heavy atom. The molecule has 0 saturated heterocycles. The Bertz CT molecular complexity index is 806. The number of rotatable bonds is 6. The second-order valence-corrected chi connectivity index (χ2v) is 7.32. The number of nitrogens with zero attached hydrogens (tertiary/aromatic N) is 2. The number of hydrogen-bond acceptors (Lipinski definition) is 6. The lowest BCUT2D eigenvalue weighted by atomic mass is 10.2. The number of methoxy groups -OCH3 is 1. The minimum absolute atomic E-state index is 0.309. The second kappa shape index (κ2) is 7.83. The van der Waals surface area contributed by atoms with Crippen LogP contribution in [0.15, 0.2) is 46.8 Å². The maximum Gasteiger partial charge on any atom is 0.210 e. The van der Waals surface area contributed by atoms with Crippen LogP contribution in [0.5, 0.6) is 5.75 Å². The number of thioether (sulfide) groups is 1. The molecule has 0 radical (unpaired) electrons. The number of hydrogen-bond donors (Lipinski definition) is 1. The summed E-state index contributed by atoms with van der Waals surface area (Å²) in [6.45, 7) is 0. The molecule has 4 nitrogen and oxygen atoms in total. The first-order chi connectivity index (χ1) is 11.7. The molecule has 3 aromatic rings. The van der Waals surface area contributed by atoms with Crippen LogP contribution in [0.3, 0.4) is 0 Å². The third-order valence-corrected chi connectivity index (χ3v) is 5.50. The van der Waals surface area contributed by atoms with Gasteiger partial charge >= 0.3 is 0 Å². The minimum Gasteiger partial charge on any atom is -0.497 e. The smallest absolute Gasteiger partial charge is 0.210 e. The van der Waals surface area contributed by atoms with Crippen LogP contribution in [0, 0.1) is 5.82 Å². The highest BCUT2D eigenvalue weighted by Crippen LogP contribution is 2.32. The van der Waals surface area contributed by atoms with Crippen LogP contribution in [0.1, 0.15) is 5.56 Å². The highest BCUT2D eigenvalue weighted by Gasteiger charge is 2.10. The predicted molar refractivity (Wildman–Crippen MR) is 97.2 cm³/mol. The summed E-state index contributed by atoms with van der Waals surface area (Å²) in [6.07, 6.45) is 0. The SMILES string of the molecule is COc1ccc(Nc2nnc(SCc3c(F)cccc3Cl)s2)cc1. The molecule has 8 heteroatoms. The standard InChI is InChI=1S/C16H13ClFN3OS2/c1-22-11-7-5-10(6-8-11)19-15-20-21-16(24-15)23-9-12-13(17)3-2-4-14(12)18/h2-8H,9H2,1H3,(H,19,20). The molecule has 1 N–H and O–H groups in total. The number of halogens is 2. The summed E-state index contributed by atoms with van der Waals surface area (Å²) in [6, 6.07) is 12.2. The summed E-state index contributed by atoms with van der Waals surface area (Å²) in [5.74, 6) is 0.884. The van der Waals surface area contributed by atoms with Crippen molar-refractivity contribution in [2.75, 3.05) is 12.4 Å². The maximum atomic E-state index is 13.8. The molecular formula is C16H13ClFN3OS2. The van der Waals surface area contributed by atoms with Crippen LogP contribution in [0.25, 0.3) is 0 Å². The zero-order chi connectivity index (χ0) is 16.9. The number of benzene rings is 2. The fourth-order valence-corrected chi connectivity index (χ4v) is 4.04. The molecule has 124 valence electrons. The molecule has 0 atom stereocenters. The quantitative estimate of drug-likeness (QED) is 0.581. The van der Waals surface area contributed by atoms with E-state index in [2.05, 4.69) is 15.5 Å². The Kier molecular flexibility index (Phi) is 5.55. The fraction of sp³-hybridized carbons (Fsp3) is 0.125. The molecule has 1 heterocycles. The van der Waals surface area contributed by atoms with Crippen molar-refractivity contribution in [3.63, 3.8) is 0 Å². The minimum atomic E-state index is -0.309. The van der Waals surface area contributed by atoms with Crippen LogP contribution in [-0.4, -0.2) is 17.3 Å². The Morgan fingerprint density at radius 3 is 2.71 bits per heavy atom. The van der Waals surface area contributed by atoms with Gasteiger partial charge in [-0.25, -0.2) is 4.39 Å². The number of ether oxygens (including phenoxy) is 1. The molecule has 0 fully saturated rings. The van der Waals surface area contributed by atoms with Gasteiger partial charge in [-0.15, -0.1) is 10.2 Å². The van der Waals surface area contributed by atoms with E-state index in [9.17, 15) is 4.39 Å². The van der Waals surface area contributed by atoms with Gasteiger partial charge in [0.15, 0.2) is 4.34 Å². The van der Waals surface area contributed by atoms with Crippen molar-refractivity contribution in [2.24, 2.45) is 0 Å². The zero-order valence-electron chi connectivity index (χ0n) is 12.6. The maximum absolute atomic E-state index is 13.8. The molecule has 0 spiro atoms. The summed E-state index contributed by atoms with van der Waals surface area (Å²) in [7, 11) is 1.62. The Hall–Kier alpha value is -1.83. The van der Waals surface area contributed by atoms with Gasteiger partial charge in [0.25, 0.3) is 0 Å². The molecule has 0 bridgehead atoms. The van der Waals surface area contributed by atoms with Gasteiger partial charge in [0, 0.05) is 22.0 Å². The van der Waals surface area contributed by atoms with Crippen molar-refractivity contribution in [1.82, 2.24) is 10.2 Å². The Labute approximate surface area is 152 Å². The molecule has 0 unspecified atom stereocenters. The highest BCUT2D eigenvalue weighted by atomic mass is 35.5. The van der Waals surface area contributed by atoms with Crippen LogP contribution in [0.4, 0.5) is 15.2 Å². The Balaban J connectivity index is 1.63. The predicted octanol–water partition coefficient (Wildman–Crippen LogP) is 5.38. The average molecular weight is 382 g/mol. The molecule has 3 rings (SSSR count). The summed E-state index contributed by atoms with van der Waals surface area (Å²) < 4.78 is 19.6. The molecular weight excluding hydrogens is 369 g/mol. The molecule has 0 saturated carbocycles. The van der Waals surface area contributed by atoms with Crippen molar-refractivity contribution < 1.29 is 9.13 Å². The first-order valence-corrected chi connectivity index (χ1v) is 9.14. The van der Waals surface area contributed by atoms with E-state index in [1.807, 2.05) is 24.3 Å². The lowest BCUT2D eigenvalue weighted by Gasteiger charge is -2.04. The second-order valence-electron chi connectivity index (χ2n) is 4.72. The molecule has 1 aromatic heterocycles. The van der Waals surface area contributed by atoms with Gasteiger partial charge in [0.1, 0.15) is 11.6 Å². The van der Waals surface area contributed by atoms with Crippen molar-refractivity contribution in [2.45, 2.75) is 10.1 Å². The van der Waals surface area contributed by atoms with E-state index in [4.69, 9.17) is 16.3 Å². The van der Waals surface area contributed by atoms with Gasteiger partial charge < -0.3 is 10.1 Å². The Morgan fingerprint density at radius 2 is 2.00 bits per heavy atom. The van der Waals surface area contributed by atoms with Gasteiger partial charge in [-0.2, -0.15) is 0 Å². The molecule has 2 aromatic carbocycles. The molecule has 0 aliphatic carbocycles.